The third-order valence-electron chi connectivity index (χ3n) is 5.34. The summed E-state index contributed by atoms with van der Waals surface area (Å²) in [6.07, 6.45) is 4.37. The number of fused-ring (bicyclic) bond motifs is 1. The molecule has 1 N–H and O–H groups in total. The van der Waals surface area contributed by atoms with Gasteiger partial charge in [0.15, 0.2) is 5.82 Å². The first-order valence-corrected chi connectivity index (χ1v) is 11.0. The van der Waals surface area contributed by atoms with Crippen LogP contribution in [0.5, 0.6) is 0 Å². The Balaban J connectivity index is 1.36. The molecule has 1 saturated heterocycles. The molecule has 7 nitrogen and oxygen atoms in total. The number of imidazole rings is 1. The molecule has 3 aromatic rings. The van der Waals surface area contributed by atoms with Gasteiger partial charge in [-0.15, -0.1) is 11.3 Å². The second-order valence-corrected chi connectivity index (χ2v) is 8.86. The molecule has 3 aromatic heterocycles. The number of piperazine rings is 1. The fraction of sp³-hybridized carbons (Fsp3) is 0.450. The number of pyridine rings is 1. The molecule has 4 rings (SSSR count). The van der Waals surface area contributed by atoms with Gasteiger partial charge < -0.3 is 19.7 Å². The minimum Gasteiger partial charge on any atom is -0.349 e. The number of nitrogens with one attached hydrogen (secondary N) is 1. The van der Waals surface area contributed by atoms with Crippen LogP contribution in [0.4, 0.5) is 0 Å². The van der Waals surface area contributed by atoms with Gasteiger partial charge in [-0.3, -0.25) is 9.78 Å². The number of likely N-dealkylation sites (N-methyl/N-ethyl adjacent to an activating group) is 1. The van der Waals surface area contributed by atoms with E-state index < -0.39 is 0 Å². The molecule has 4 heterocycles. The maximum absolute atomic E-state index is 12.6. The molecule has 1 fully saturated rings. The van der Waals surface area contributed by atoms with Crippen LogP contribution >= 0.6 is 22.9 Å². The third kappa shape index (κ3) is 4.45. The molecule has 0 radical (unpaired) electrons. The van der Waals surface area contributed by atoms with Crippen molar-refractivity contribution in [1.29, 1.82) is 0 Å². The first kappa shape index (κ1) is 20.3. The van der Waals surface area contributed by atoms with Crippen LogP contribution < -0.4 is 5.32 Å². The predicted molar refractivity (Wildman–Crippen MR) is 118 cm³/mol. The highest BCUT2D eigenvalue weighted by Gasteiger charge is 2.18. The number of hydrogen-bond acceptors (Lipinski definition) is 6. The minimum atomic E-state index is -0.144. The second-order valence-electron chi connectivity index (χ2n) is 7.40. The SMILES string of the molecule is CN1CCN(CCCNC(=O)c2ncc(-c3cc4nccc(Cl)c4s3)n2C)CC1. The summed E-state index contributed by atoms with van der Waals surface area (Å²) in [6, 6.07) is 3.77. The molecule has 0 bridgehead atoms. The Labute approximate surface area is 179 Å². The van der Waals surface area contributed by atoms with Crippen LogP contribution in [-0.4, -0.2) is 76.6 Å². The Morgan fingerprint density at radius 3 is 2.79 bits per heavy atom. The summed E-state index contributed by atoms with van der Waals surface area (Å²) < 4.78 is 2.77. The molecular weight excluding hydrogens is 408 g/mol. The molecule has 1 aliphatic heterocycles. The summed E-state index contributed by atoms with van der Waals surface area (Å²) in [6.45, 7) is 6.08. The lowest BCUT2D eigenvalue weighted by Crippen LogP contribution is -2.45. The summed E-state index contributed by atoms with van der Waals surface area (Å²) >= 11 is 7.82. The van der Waals surface area contributed by atoms with Crippen LogP contribution in [0.15, 0.2) is 24.5 Å². The van der Waals surface area contributed by atoms with E-state index in [1.54, 1.807) is 29.8 Å². The van der Waals surface area contributed by atoms with Crippen LogP contribution in [0.3, 0.4) is 0 Å². The summed E-state index contributed by atoms with van der Waals surface area (Å²) in [5, 5.41) is 3.69. The fourth-order valence-corrected chi connectivity index (χ4v) is 4.87. The van der Waals surface area contributed by atoms with E-state index in [2.05, 4.69) is 32.1 Å². The first-order valence-electron chi connectivity index (χ1n) is 9.78. The monoisotopic (exact) mass is 432 g/mol. The maximum Gasteiger partial charge on any atom is 0.287 e. The van der Waals surface area contributed by atoms with E-state index in [0.29, 0.717) is 17.4 Å². The maximum atomic E-state index is 12.6. The first-order chi connectivity index (χ1) is 14.0. The van der Waals surface area contributed by atoms with E-state index in [1.807, 2.05) is 17.7 Å². The number of hydrogen-bond donors (Lipinski definition) is 1. The van der Waals surface area contributed by atoms with Crippen molar-refractivity contribution in [3.63, 3.8) is 0 Å². The number of aromatic nitrogens is 3. The zero-order valence-corrected chi connectivity index (χ0v) is 18.3. The van der Waals surface area contributed by atoms with Gasteiger partial charge in [0.1, 0.15) is 0 Å². The predicted octanol–water partition coefficient (Wildman–Crippen LogP) is 2.72. The molecule has 0 aliphatic carbocycles. The second kappa shape index (κ2) is 8.79. The van der Waals surface area contributed by atoms with Crippen molar-refractivity contribution in [3.05, 3.63) is 35.4 Å². The molecule has 0 atom stereocenters. The van der Waals surface area contributed by atoms with E-state index in [-0.39, 0.29) is 5.91 Å². The van der Waals surface area contributed by atoms with Gasteiger partial charge in [0.2, 0.25) is 0 Å². The number of carbonyl (C=O) groups is 1. The Morgan fingerprint density at radius 2 is 2.03 bits per heavy atom. The van der Waals surface area contributed by atoms with E-state index in [0.717, 1.165) is 59.9 Å². The lowest BCUT2D eigenvalue weighted by molar-refractivity contribution is 0.0936. The molecule has 0 spiro atoms. The fourth-order valence-electron chi connectivity index (χ4n) is 3.54. The standard InChI is InChI=1S/C20H25ClN6OS/c1-25-8-10-27(11-9-25)7-3-5-23-20(28)19-24-13-16(26(19)2)17-12-15-18(29-17)14(21)4-6-22-15/h4,6,12-13H,3,5,7-11H2,1-2H3,(H,23,28). The van der Waals surface area contributed by atoms with Gasteiger partial charge in [0.25, 0.3) is 5.91 Å². The number of rotatable bonds is 6. The molecule has 0 unspecified atom stereocenters. The van der Waals surface area contributed by atoms with E-state index in [1.165, 1.54) is 0 Å². The van der Waals surface area contributed by atoms with E-state index in [9.17, 15) is 4.79 Å². The van der Waals surface area contributed by atoms with Crippen molar-refractivity contribution in [2.45, 2.75) is 6.42 Å². The molecule has 0 saturated carbocycles. The number of halogens is 1. The third-order valence-corrected chi connectivity index (χ3v) is 6.95. The quantitative estimate of drug-likeness (QED) is 0.606. The highest BCUT2D eigenvalue weighted by molar-refractivity contribution is 7.22. The number of thiophene rings is 1. The zero-order chi connectivity index (χ0) is 20.4. The highest BCUT2D eigenvalue weighted by Crippen LogP contribution is 2.36. The average molecular weight is 433 g/mol. The molecule has 1 aliphatic rings. The summed E-state index contributed by atoms with van der Waals surface area (Å²) in [7, 11) is 4.02. The number of carbonyl (C=O) groups excluding carboxylic acids is 1. The van der Waals surface area contributed by atoms with Crippen LogP contribution in [0.2, 0.25) is 5.02 Å². The van der Waals surface area contributed by atoms with Gasteiger partial charge in [0.05, 0.1) is 32.0 Å². The smallest absolute Gasteiger partial charge is 0.287 e. The normalized spacial score (nSPS) is 15.8. The van der Waals surface area contributed by atoms with Crippen molar-refractivity contribution in [2.24, 2.45) is 7.05 Å². The Bertz CT molecular complexity index is 1010. The summed E-state index contributed by atoms with van der Waals surface area (Å²) in [4.78, 5) is 27.1. The molecule has 154 valence electrons. The van der Waals surface area contributed by atoms with Crippen LogP contribution in [0, 0.1) is 0 Å². The van der Waals surface area contributed by atoms with Crippen molar-refractivity contribution in [3.8, 4) is 10.6 Å². The minimum absolute atomic E-state index is 0.144. The summed E-state index contributed by atoms with van der Waals surface area (Å²) in [5.41, 5.74) is 1.74. The van der Waals surface area contributed by atoms with Crippen LogP contribution in [0.25, 0.3) is 20.8 Å². The highest BCUT2D eigenvalue weighted by atomic mass is 35.5. The Kier molecular flexibility index (Phi) is 6.15. The molecule has 29 heavy (non-hydrogen) atoms. The van der Waals surface area contributed by atoms with Crippen LogP contribution in [0.1, 0.15) is 17.0 Å². The van der Waals surface area contributed by atoms with E-state index >= 15 is 0 Å². The lowest BCUT2D eigenvalue weighted by Gasteiger charge is -2.32. The van der Waals surface area contributed by atoms with Gasteiger partial charge in [-0.05, 0) is 32.1 Å². The lowest BCUT2D eigenvalue weighted by atomic mass is 10.3. The number of nitrogens with zero attached hydrogens (tertiary/aromatic N) is 5. The number of amides is 1. The van der Waals surface area contributed by atoms with E-state index in [4.69, 9.17) is 11.6 Å². The molecular formula is C20H25ClN6OS. The van der Waals surface area contributed by atoms with Gasteiger partial charge in [-0.25, -0.2) is 4.98 Å². The Hall–Kier alpha value is -2.00. The van der Waals surface area contributed by atoms with Gasteiger partial charge in [-0.1, -0.05) is 11.6 Å². The van der Waals surface area contributed by atoms with Gasteiger partial charge in [-0.2, -0.15) is 0 Å². The zero-order valence-electron chi connectivity index (χ0n) is 16.7. The van der Waals surface area contributed by atoms with Crippen molar-refractivity contribution in [2.75, 3.05) is 46.3 Å². The topological polar surface area (TPSA) is 66.3 Å². The summed E-state index contributed by atoms with van der Waals surface area (Å²) in [5.74, 6) is 0.269. The van der Waals surface area contributed by atoms with Crippen molar-refractivity contribution in [1.82, 2.24) is 29.7 Å². The van der Waals surface area contributed by atoms with Crippen molar-refractivity contribution >= 4 is 39.1 Å². The largest absolute Gasteiger partial charge is 0.349 e. The molecule has 0 aromatic carbocycles. The van der Waals surface area contributed by atoms with Crippen molar-refractivity contribution < 1.29 is 4.79 Å². The van der Waals surface area contributed by atoms with Gasteiger partial charge >= 0.3 is 0 Å². The van der Waals surface area contributed by atoms with Gasteiger partial charge in [0, 0.05) is 46.0 Å². The average Bonchev–Trinajstić information content (AvgIpc) is 3.31. The molecule has 1 amide bonds. The molecule has 9 heteroatoms. The Morgan fingerprint density at radius 1 is 1.24 bits per heavy atom. The van der Waals surface area contributed by atoms with Crippen LogP contribution in [-0.2, 0) is 7.05 Å².